The van der Waals surface area contributed by atoms with Gasteiger partial charge in [0.15, 0.2) is 0 Å². The van der Waals surface area contributed by atoms with E-state index in [0.29, 0.717) is 10.2 Å². The van der Waals surface area contributed by atoms with Crippen molar-refractivity contribution in [3.05, 3.63) is 30.4 Å². The van der Waals surface area contributed by atoms with E-state index in [4.69, 9.17) is 0 Å². The third-order valence-electron chi connectivity index (χ3n) is 2.85. The molecule has 0 aromatic carbocycles. The van der Waals surface area contributed by atoms with E-state index in [0.717, 1.165) is 6.20 Å². The highest BCUT2D eigenvalue weighted by atomic mass is 19.4. The Bertz CT molecular complexity index is 647. The van der Waals surface area contributed by atoms with E-state index in [2.05, 4.69) is 20.8 Å². The molecule has 2 rings (SSSR count). The second kappa shape index (κ2) is 6.18. The van der Waals surface area contributed by atoms with Crippen molar-refractivity contribution in [2.75, 3.05) is 12.4 Å². The first-order valence-electron chi connectivity index (χ1n) is 6.34. The van der Waals surface area contributed by atoms with Gasteiger partial charge in [0, 0.05) is 25.0 Å². The van der Waals surface area contributed by atoms with Crippen molar-refractivity contribution >= 4 is 11.6 Å². The molecule has 0 bridgehead atoms. The molecular formula is C12H15F3N6O. The summed E-state index contributed by atoms with van der Waals surface area (Å²) in [4.78, 5) is 12.2. The molecule has 7 nitrogen and oxygen atoms in total. The van der Waals surface area contributed by atoms with Crippen LogP contribution in [0, 0.1) is 0 Å². The number of amides is 1. The molecule has 1 atom stereocenters. The lowest BCUT2D eigenvalue weighted by Gasteiger charge is -2.13. The Morgan fingerprint density at radius 2 is 2.05 bits per heavy atom. The molecular weight excluding hydrogens is 301 g/mol. The standard InChI is InChI=1S/C12H15F3N6O/c1-16-10(8-3-17-20(2)5-8)11(22)19-9-4-18-21(6-9)7-12(13,14)15/h3-6,10,16H,7H2,1-2H3,(H,19,22). The highest BCUT2D eigenvalue weighted by molar-refractivity contribution is 5.95. The number of nitrogens with one attached hydrogen (secondary N) is 2. The number of likely N-dealkylation sites (N-methyl/N-ethyl adjacent to an activating group) is 1. The van der Waals surface area contributed by atoms with Gasteiger partial charge in [-0.3, -0.25) is 14.2 Å². The zero-order valence-corrected chi connectivity index (χ0v) is 11.9. The molecule has 2 N–H and O–H groups in total. The number of halogens is 3. The first-order chi connectivity index (χ1) is 10.3. The first kappa shape index (κ1) is 16.0. The molecule has 2 aromatic heterocycles. The molecule has 0 fully saturated rings. The summed E-state index contributed by atoms with van der Waals surface area (Å²) in [6.07, 6.45) is 1.14. The maximum absolute atomic E-state index is 12.3. The van der Waals surface area contributed by atoms with Crippen molar-refractivity contribution < 1.29 is 18.0 Å². The molecule has 10 heteroatoms. The molecule has 0 aliphatic carbocycles. The summed E-state index contributed by atoms with van der Waals surface area (Å²) in [5.74, 6) is -0.415. The molecule has 1 unspecified atom stereocenters. The van der Waals surface area contributed by atoms with Gasteiger partial charge in [0.2, 0.25) is 5.91 Å². The molecule has 0 saturated carbocycles. The van der Waals surface area contributed by atoms with Crippen LogP contribution in [0.4, 0.5) is 18.9 Å². The molecule has 120 valence electrons. The number of aromatic nitrogens is 4. The monoisotopic (exact) mass is 316 g/mol. The van der Waals surface area contributed by atoms with Gasteiger partial charge < -0.3 is 10.6 Å². The summed E-state index contributed by atoms with van der Waals surface area (Å²) in [5, 5.41) is 12.9. The number of anilines is 1. The van der Waals surface area contributed by atoms with Crippen LogP contribution in [0.1, 0.15) is 11.6 Å². The van der Waals surface area contributed by atoms with Crippen LogP contribution in [0.15, 0.2) is 24.8 Å². The van der Waals surface area contributed by atoms with Crippen molar-refractivity contribution in [3.63, 3.8) is 0 Å². The maximum Gasteiger partial charge on any atom is 0.408 e. The minimum Gasteiger partial charge on any atom is -0.322 e. The lowest BCUT2D eigenvalue weighted by atomic mass is 10.1. The topological polar surface area (TPSA) is 76.8 Å². The van der Waals surface area contributed by atoms with Crippen molar-refractivity contribution in [2.45, 2.75) is 18.8 Å². The second-order valence-corrected chi connectivity index (χ2v) is 4.70. The molecule has 2 aromatic rings. The average Bonchev–Trinajstić information content (AvgIpc) is 2.98. The van der Waals surface area contributed by atoms with Gasteiger partial charge in [-0.25, -0.2) is 0 Å². The summed E-state index contributed by atoms with van der Waals surface area (Å²) in [7, 11) is 3.32. The summed E-state index contributed by atoms with van der Waals surface area (Å²) in [5.41, 5.74) is 0.837. The third-order valence-corrected chi connectivity index (χ3v) is 2.85. The number of hydrogen-bond acceptors (Lipinski definition) is 4. The van der Waals surface area contributed by atoms with E-state index in [9.17, 15) is 18.0 Å². The third kappa shape index (κ3) is 4.07. The highest BCUT2D eigenvalue weighted by Gasteiger charge is 2.28. The van der Waals surface area contributed by atoms with Crippen LogP contribution in [0.25, 0.3) is 0 Å². The van der Waals surface area contributed by atoms with Crippen molar-refractivity contribution in [3.8, 4) is 0 Å². The predicted octanol–water partition coefficient (Wildman–Crippen LogP) is 1.08. The molecule has 0 saturated heterocycles. The fraction of sp³-hybridized carbons (Fsp3) is 0.417. The molecule has 2 heterocycles. The second-order valence-electron chi connectivity index (χ2n) is 4.70. The number of aryl methyl sites for hydroxylation is 1. The van der Waals surface area contributed by atoms with Gasteiger partial charge in [0.1, 0.15) is 12.6 Å². The number of carbonyl (C=O) groups excluding carboxylic acids is 1. The van der Waals surface area contributed by atoms with E-state index in [1.54, 1.807) is 25.0 Å². The number of hydrogen-bond donors (Lipinski definition) is 2. The molecule has 1 amide bonds. The molecule has 0 spiro atoms. The molecule has 22 heavy (non-hydrogen) atoms. The smallest absolute Gasteiger partial charge is 0.322 e. The van der Waals surface area contributed by atoms with Gasteiger partial charge in [-0.15, -0.1) is 0 Å². The van der Waals surface area contributed by atoms with Gasteiger partial charge in [0.05, 0.1) is 18.1 Å². The van der Waals surface area contributed by atoms with Gasteiger partial charge >= 0.3 is 6.18 Å². The quantitative estimate of drug-likeness (QED) is 0.865. The van der Waals surface area contributed by atoms with Crippen molar-refractivity contribution in [1.29, 1.82) is 0 Å². The minimum atomic E-state index is -4.36. The van der Waals surface area contributed by atoms with E-state index < -0.39 is 24.7 Å². The molecule has 0 radical (unpaired) electrons. The van der Waals surface area contributed by atoms with Crippen molar-refractivity contribution in [1.82, 2.24) is 24.9 Å². The highest BCUT2D eigenvalue weighted by Crippen LogP contribution is 2.19. The van der Waals surface area contributed by atoms with E-state index >= 15 is 0 Å². The summed E-state index contributed by atoms with van der Waals surface area (Å²) in [6, 6.07) is -0.667. The first-order valence-corrected chi connectivity index (χ1v) is 6.34. The largest absolute Gasteiger partial charge is 0.408 e. The fourth-order valence-corrected chi connectivity index (χ4v) is 1.95. The van der Waals surface area contributed by atoms with Crippen LogP contribution >= 0.6 is 0 Å². The van der Waals surface area contributed by atoms with Crippen LogP contribution in [-0.2, 0) is 18.4 Å². The van der Waals surface area contributed by atoms with E-state index in [1.165, 1.54) is 12.4 Å². The Hall–Kier alpha value is -2.36. The van der Waals surface area contributed by atoms with Crippen LogP contribution < -0.4 is 10.6 Å². The summed E-state index contributed by atoms with van der Waals surface area (Å²) >= 11 is 0. The summed E-state index contributed by atoms with van der Waals surface area (Å²) < 4.78 is 39.0. The number of carbonyl (C=O) groups is 1. The lowest BCUT2D eigenvalue weighted by molar-refractivity contribution is -0.142. The van der Waals surface area contributed by atoms with Crippen molar-refractivity contribution in [2.24, 2.45) is 7.05 Å². The molecule has 0 aliphatic heterocycles. The predicted molar refractivity (Wildman–Crippen MR) is 71.9 cm³/mol. The van der Waals surface area contributed by atoms with E-state index in [1.807, 2.05) is 0 Å². The van der Waals surface area contributed by atoms with E-state index in [-0.39, 0.29) is 5.69 Å². The summed E-state index contributed by atoms with van der Waals surface area (Å²) in [6.45, 7) is -1.21. The average molecular weight is 316 g/mol. The molecule has 0 aliphatic rings. The Labute approximate surface area is 124 Å². The Morgan fingerprint density at radius 1 is 1.32 bits per heavy atom. The Kier molecular flexibility index (Phi) is 4.50. The van der Waals surface area contributed by atoms with Crippen LogP contribution in [-0.4, -0.2) is 38.7 Å². The minimum absolute atomic E-state index is 0.193. The van der Waals surface area contributed by atoms with Gasteiger partial charge in [-0.05, 0) is 7.05 Å². The number of rotatable bonds is 5. The van der Waals surface area contributed by atoms with Crippen LogP contribution in [0.3, 0.4) is 0 Å². The van der Waals surface area contributed by atoms with Crippen LogP contribution in [0.5, 0.6) is 0 Å². The van der Waals surface area contributed by atoms with Crippen LogP contribution in [0.2, 0.25) is 0 Å². The fourth-order valence-electron chi connectivity index (χ4n) is 1.95. The Morgan fingerprint density at radius 3 is 2.59 bits per heavy atom. The van der Waals surface area contributed by atoms with Gasteiger partial charge in [-0.2, -0.15) is 23.4 Å². The zero-order valence-electron chi connectivity index (χ0n) is 11.9. The maximum atomic E-state index is 12.3. The zero-order chi connectivity index (χ0) is 16.3. The number of nitrogens with zero attached hydrogens (tertiary/aromatic N) is 4. The Balaban J connectivity index is 2.04. The lowest BCUT2D eigenvalue weighted by Crippen LogP contribution is -2.30. The van der Waals surface area contributed by atoms with Gasteiger partial charge in [0.25, 0.3) is 0 Å². The normalized spacial score (nSPS) is 13.1. The van der Waals surface area contributed by atoms with Gasteiger partial charge in [-0.1, -0.05) is 0 Å². The number of alkyl halides is 3. The SMILES string of the molecule is CNC(C(=O)Nc1cnn(CC(F)(F)F)c1)c1cnn(C)c1.